The molecule has 1 aromatic heterocycles. The number of aryl methyl sites for hydroxylation is 1. The normalized spacial score (nSPS) is 21.1. The number of esters is 1. The molecule has 3 rings (SSSR count). The number of fused-ring (bicyclic) bond motifs is 3. The summed E-state index contributed by atoms with van der Waals surface area (Å²) in [5.74, 6) is -1.51. The highest BCUT2D eigenvalue weighted by Crippen LogP contribution is 2.44. The smallest absolute Gasteiger partial charge is 0.305 e. The summed E-state index contributed by atoms with van der Waals surface area (Å²) >= 11 is 0. The van der Waals surface area contributed by atoms with E-state index in [0.717, 1.165) is 34.1 Å². The van der Waals surface area contributed by atoms with Gasteiger partial charge >= 0.3 is 5.97 Å². The topological polar surface area (TPSA) is 75.1 Å². The molecule has 1 aromatic carbocycles. The second-order valence-corrected chi connectivity index (χ2v) is 6.44. The molecular weight excluding hydrogens is 304 g/mol. The Bertz CT molecular complexity index is 846. The van der Waals surface area contributed by atoms with E-state index in [1.807, 2.05) is 32.9 Å². The van der Waals surface area contributed by atoms with Crippen LogP contribution in [0, 0.1) is 24.2 Å². The molecule has 0 fully saturated rings. The lowest BCUT2D eigenvalue weighted by Crippen LogP contribution is -2.44. The van der Waals surface area contributed by atoms with E-state index in [-0.39, 0.29) is 11.9 Å². The van der Waals surface area contributed by atoms with E-state index >= 15 is 0 Å². The lowest BCUT2D eigenvalue weighted by atomic mass is 9.88. The van der Waals surface area contributed by atoms with Gasteiger partial charge in [-0.2, -0.15) is 5.26 Å². The third kappa shape index (κ3) is 2.30. The van der Waals surface area contributed by atoms with Crippen LogP contribution in [-0.2, 0) is 26.5 Å². The Morgan fingerprint density at radius 1 is 1.54 bits per heavy atom. The molecule has 126 valence electrons. The summed E-state index contributed by atoms with van der Waals surface area (Å²) in [5.41, 5.74) is 4.41. The fraction of sp³-hybridized carbons (Fsp3) is 0.474. The number of hydrogen-bond acceptors (Lipinski definition) is 4. The van der Waals surface area contributed by atoms with E-state index in [2.05, 4.69) is 11.1 Å². The van der Waals surface area contributed by atoms with Crippen LogP contribution in [0.1, 0.15) is 49.6 Å². The van der Waals surface area contributed by atoms with Gasteiger partial charge in [0.15, 0.2) is 0 Å². The van der Waals surface area contributed by atoms with Crippen molar-refractivity contribution in [2.24, 2.45) is 5.92 Å². The predicted molar refractivity (Wildman–Crippen MR) is 90.3 cm³/mol. The van der Waals surface area contributed by atoms with Gasteiger partial charge in [0, 0.05) is 18.2 Å². The molecule has 5 nitrogen and oxygen atoms in total. The lowest BCUT2D eigenvalue weighted by Gasteiger charge is -2.40. The number of nitriles is 1. The van der Waals surface area contributed by atoms with E-state index in [1.54, 1.807) is 0 Å². The predicted octanol–water partition coefficient (Wildman–Crippen LogP) is 3.68. The SMILES string of the molecule is CCC(C)C1(OC(C)=O)OCCc2c1[nH]c1c(C)ccc(C#N)c21. The van der Waals surface area contributed by atoms with Crippen molar-refractivity contribution < 1.29 is 14.3 Å². The standard InChI is InChI=1S/C19H22N2O3/c1-5-12(3)19(24-13(4)22)18-15(8-9-23-19)16-14(10-20)7-6-11(2)17(16)21-18/h6-7,12,21H,5,8-9H2,1-4H3. The van der Waals surface area contributed by atoms with Gasteiger partial charge in [0.1, 0.15) is 0 Å². The van der Waals surface area contributed by atoms with E-state index < -0.39 is 5.79 Å². The Labute approximate surface area is 141 Å². The summed E-state index contributed by atoms with van der Waals surface area (Å²) in [5, 5.41) is 10.4. The number of rotatable bonds is 3. The molecule has 2 heterocycles. The van der Waals surface area contributed by atoms with Crippen LogP contribution in [-0.4, -0.2) is 17.6 Å². The Morgan fingerprint density at radius 3 is 2.92 bits per heavy atom. The third-order valence-corrected chi connectivity index (χ3v) is 4.96. The van der Waals surface area contributed by atoms with Gasteiger partial charge in [0.25, 0.3) is 5.79 Å². The van der Waals surface area contributed by atoms with Crippen molar-refractivity contribution in [3.63, 3.8) is 0 Å². The lowest BCUT2D eigenvalue weighted by molar-refractivity contribution is -0.268. The van der Waals surface area contributed by atoms with Crippen molar-refractivity contribution in [2.45, 2.75) is 46.3 Å². The molecule has 2 aromatic rings. The summed E-state index contributed by atoms with van der Waals surface area (Å²) in [6.45, 7) is 7.92. The number of nitrogens with zero attached hydrogens (tertiary/aromatic N) is 1. The van der Waals surface area contributed by atoms with Gasteiger partial charge in [-0.15, -0.1) is 0 Å². The third-order valence-electron chi connectivity index (χ3n) is 4.96. The monoisotopic (exact) mass is 326 g/mol. The molecule has 0 saturated carbocycles. The second-order valence-electron chi connectivity index (χ2n) is 6.44. The largest absolute Gasteiger partial charge is 0.427 e. The van der Waals surface area contributed by atoms with E-state index in [0.29, 0.717) is 18.6 Å². The van der Waals surface area contributed by atoms with Gasteiger partial charge < -0.3 is 14.5 Å². The Hall–Kier alpha value is -2.32. The van der Waals surface area contributed by atoms with Crippen molar-refractivity contribution in [1.82, 2.24) is 4.98 Å². The molecule has 1 aliphatic heterocycles. The van der Waals surface area contributed by atoms with Gasteiger partial charge in [-0.05, 0) is 37.0 Å². The maximum Gasteiger partial charge on any atom is 0.305 e. The fourth-order valence-corrected chi connectivity index (χ4v) is 3.58. The van der Waals surface area contributed by atoms with Gasteiger partial charge in [0.2, 0.25) is 0 Å². The quantitative estimate of drug-likeness (QED) is 0.873. The zero-order valence-electron chi connectivity index (χ0n) is 14.5. The molecule has 0 bridgehead atoms. The minimum Gasteiger partial charge on any atom is -0.427 e. The first-order valence-corrected chi connectivity index (χ1v) is 8.32. The highest BCUT2D eigenvalue weighted by molar-refractivity contribution is 5.92. The molecule has 0 aliphatic carbocycles. The Kier molecular flexibility index (Phi) is 4.10. The van der Waals surface area contributed by atoms with Crippen LogP contribution in [0.3, 0.4) is 0 Å². The van der Waals surface area contributed by atoms with Crippen LogP contribution in [0.2, 0.25) is 0 Å². The maximum absolute atomic E-state index is 11.8. The van der Waals surface area contributed by atoms with Gasteiger partial charge in [-0.3, -0.25) is 4.79 Å². The van der Waals surface area contributed by atoms with Gasteiger partial charge in [-0.1, -0.05) is 19.9 Å². The van der Waals surface area contributed by atoms with E-state index in [4.69, 9.17) is 9.47 Å². The molecular formula is C19H22N2O3. The van der Waals surface area contributed by atoms with Crippen LogP contribution in [0.25, 0.3) is 10.9 Å². The Morgan fingerprint density at radius 2 is 2.29 bits per heavy atom. The zero-order chi connectivity index (χ0) is 17.5. The van der Waals surface area contributed by atoms with Crippen molar-refractivity contribution in [3.8, 4) is 6.07 Å². The van der Waals surface area contributed by atoms with Gasteiger partial charge in [-0.25, -0.2) is 0 Å². The molecule has 2 unspecified atom stereocenters. The summed E-state index contributed by atoms with van der Waals surface area (Å²) < 4.78 is 11.8. The average Bonchev–Trinajstić information content (AvgIpc) is 2.96. The first-order chi connectivity index (χ1) is 11.4. The fourth-order valence-electron chi connectivity index (χ4n) is 3.58. The van der Waals surface area contributed by atoms with Crippen molar-refractivity contribution in [2.75, 3.05) is 6.61 Å². The van der Waals surface area contributed by atoms with Crippen LogP contribution in [0.5, 0.6) is 0 Å². The molecule has 24 heavy (non-hydrogen) atoms. The van der Waals surface area contributed by atoms with Crippen molar-refractivity contribution in [1.29, 1.82) is 5.26 Å². The summed E-state index contributed by atoms with van der Waals surface area (Å²) in [7, 11) is 0. The summed E-state index contributed by atoms with van der Waals surface area (Å²) in [4.78, 5) is 15.2. The maximum atomic E-state index is 11.8. The minimum atomic E-state index is -1.12. The first-order valence-electron chi connectivity index (χ1n) is 8.32. The van der Waals surface area contributed by atoms with Crippen LogP contribution >= 0.6 is 0 Å². The number of benzene rings is 1. The number of H-pyrrole nitrogens is 1. The second kappa shape index (κ2) is 5.95. The summed E-state index contributed by atoms with van der Waals surface area (Å²) in [6, 6.07) is 6.05. The van der Waals surface area contributed by atoms with Crippen molar-refractivity contribution in [3.05, 3.63) is 34.5 Å². The molecule has 5 heteroatoms. The molecule has 1 aliphatic rings. The number of carbonyl (C=O) groups excluding carboxylic acids is 1. The van der Waals surface area contributed by atoms with E-state index in [9.17, 15) is 10.1 Å². The van der Waals surface area contributed by atoms with Crippen LogP contribution in [0.4, 0.5) is 0 Å². The highest BCUT2D eigenvalue weighted by Gasteiger charge is 2.47. The molecule has 2 atom stereocenters. The van der Waals surface area contributed by atoms with Gasteiger partial charge in [0.05, 0.1) is 29.5 Å². The molecule has 0 spiro atoms. The zero-order valence-corrected chi connectivity index (χ0v) is 14.5. The first kappa shape index (κ1) is 16.5. The number of hydrogen-bond donors (Lipinski definition) is 1. The number of carbonyl (C=O) groups is 1. The number of ether oxygens (including phenoxy) is 2. The minimum absolute atomic E-state index is 0.0145. The number of nitrogens with one attached hydrogen (secondary N) is 1. The van der Waals surface area contributed by atoms with Crippen LogP contribution in [0.15, 0.2) is 12.1 Å². The summed E-state index contributed by atoms with van der Waals surface area (Å²) in [6.07, 6.45) is 1.49. The highest BCUT2D eigenvalue weighted by atomic mass is 16.7. The number of aromatic amines is 1. The molecule has 0 saturated heterocycles. The molecule has 0 radical (unpaired) electrons. The molecule has 0 amide bonds. The molecule has 1 N–H and O–H groups in total. The average molecular weight is 326 g/mol. The number of aromatic nitrogens is 1. The Balaban J connectivity index is 2.34. The van der Waals surface area contributed by atoms with Crippen LogP contribution < -0.4 is 0 Å². The van der Waals surface area contributed by atoms with Crippen molar-refractivity contribution >= 4 is 16.9 Å². The van der Waals surface area contributed by atoms with E-state index in [1.165, 1.54) is 6.92 Å².